The number of likely N-dealkylation sites (N-methyl/N-ethyl adjacent to an activating group) is 1. The van der Waals surface area contributed by atoms with E-state index in [2.05, 4.69) is 66.8 Å². The number of hydrogen-bond donors (Lipinski definition) is 1. The predicted molar refractivity (Wildman–Crippen MR) is 83.8 cm³/mol. The summed E-state index contributed by atoms with van der Waals surface area (Å²) in [4.78, 5) is 4.11. The molecule has 0 aliphatic heterocycles. The molecule has 0 aliphatic rings. The second kappa shape index (κ2) is 6.23. The van der Waals surface area contributed by atoms with E-state index in [0.29, 0.717) is 6.04 Å². The summed E-state index contributed by atoms with van der Waals surface area (Å²) in [5.74, 6) is 0. The van der Waals surface area contributed by atoms with Crippen LogP contribution >= 0.6 is 0 Å². The van der Waals surface area contributed by atoms with Crippen molar-refractivity contribution in [3.05, 3.63) is 54.1 Å². The van der Waals surface area contributed by atoms with Gasteiger partial charge in [0.05, 0.1) is 12.4 Å². The van der Waals surface area contributed by atoms with Gasteiger partial charge in [-0.15, -0.1) is 0 Å². The van der Waals surface area contributed by atoms with E-state index in [1.165, 1.54) is 11.1 Å². The molecule has 1 atom stereocenters. The zero-order valence-corrected chi connectivity index (χ0v) is 12.9. The number of rotatable bonds is 5. The van der Waals surface area contributed by atoms with Crippen molar-refractivity contribution in [2.24, 2.45) is 0 Å². The Kier molecular flexibility index (Phi) is 4.61. The van der Waals surface area contributed by atoms with Crippen LogP contribution in [-0.2, 0) is 12.0 Å². The second-order valence-corrected chi connectivity index (χ2v) is 6.24. The van der Waals surface area contributed by atoms with Crippen LogP contribution in [0.25, 0.3) is 0 Å². The summed E-state index contributed by atoms with van der Waals surface area (Å²) in [5, 5.41) is 3.55. The van der Waals surface area contributed by atoms with E-state index in [1.54, 1.807) is 0 Å². The van der Waals surface area contributed by atoms with Gasteiger partial charge >= 0.3 is 0 Å². The summed E-state index contributed by atoms with van der Waals surface area (Å²) in [5.41, 5.74) is 2.91. The molecule has 1 aromatic carbocycles. The van der Waals surface area contributed by atoms with Gasteiger partial charge in [0.1, 0.15) is 0 Å². The Morgan fingerprint density at radius 2 is 1.90 bits per heavy atom. The fourth-order valence-electron chi connectivity index (χ4n) is 2.36. The molecular weight excluding hydrogens is 246 g/mol. The Hall–Kier alpha value is -1.61. The lowest BCUT2D eigenvalue weighted by molar-refractivity contribution is 0.474. The molecule has 0 aliphatic carbocycles. The Labute approximate surface area is 122 Å². The molecular formula is C17H25N3. The molecule has 1 aromatic heterocycles. The van der Waals surface area contributed by atoms with Crippen molar-refractivity contribution in [1.82, 2.24) is 14.9 Å². The third kappa shape index (κ3) is 3.70. The van der Waals surface area contributed by atoms with Crippen molar-refractivity contribution in [3.63, 3.8) is 0 Å². The van der Waals surface area contributed by atoms with Crippen molar-refractivity contribution < 1.29 is 0 Å². The number of nitrogens with one attached hydrogen (secondary N) is 1. The van der Waals surface area contributed by atoms with Gasteiger partial charge in [-0.25, -0.2) is 4.98 Å². The minimum Gasteiger partial charge on any atom is -0.336 e. The van der Waals surface area contributed by atoms with Crippen LogP contribution in [0.4, 0.5) is 0 Å². The number of benzene rings is 1. The van der Waals surface area contributed by atoms with Gasteiger partial charge in [-0.05, 0) is 23.1 Å². The summed E-state index contributed by atoms with van der Waals surface area (Å²) >= 11 is 0. The third-order valence-corrected chi connectivity index (χ3v) is 3.58. The van der Waals surface area contributed by atoms with Crippen LogP contribution in [-0.4, -0.2) is 16.1 Å². The van der Waals surface area contributed by atoms with Gasteiger partial charge in [-0.1, -0.05) is 52.0 Å². The lowest BCUT2D eigenvalue weighted by atomic mass is 9.86. The third-order valence-electron chi connectivity index (χ3n) is 3.58. The zero-order chi connectivity index (χ0) is 14.6. The molecule has 20 heavy (non-hydrogen) atoms. The van der Waals surface area contributed by atoms with Gasteiger partial charge in [-0.3, -0.25) is 0 Å². The van der Waals surface area contributed by atoms with Gasteiger partial charge in [0.25, 0.3) is 0 Å². The van der Waals surface area contributed by atoms with E-state index in [4.69, 9.17) is 0 Å². The lowest BCUT2D eigenvalue weighted by Gasteiger charge is -2.22. The maximum absolute atomic E-state index is 4.11. The molecule has 0 amide bonds. The van der Waals surface area contributed by atoms with Gasteiger partial charge in [0, 0.05) is 18.9 Å². The molecule has 1 unspecified atom stereocenters. The van der Waals surface area contributed by atoms with E-state index in [1.807, 2.05) is 18.7 Å². The maximum Gasteiger partial charge on any atom is 0.0946 e. The molecule has 3 heteroatoms. The molecule has 2 aromatic rings. The summed E-state index contributed by atoms with van der Waals surface area (Å²) in [6.45, 7) is 10.7. The first-order valence-corrected chi connectivity index (χ1v) is 7.30. The Morgan fingerprint density at radius 1 is 1.20 bits per heavy atom. The fourth-order valence-corrected chi connectivity index (χ4v) is 2.36. The van der Waals surface area contributed by atoms with Crippen molar-refractivity contribution in [2.45, 2.75) is 45.7 Å². The highest BCUT2D eigenvalue weighted by atomic mass is 15.1. The highest BCUT2D eigenvalue weighted by molar-refractivity contribution is 5.29. The fraction of sp³-hybridized carbons (Fsp3) is 0.471. The first-order chi connectivity index (χ1) is 9.50. The minimum absolute atomic E-state index is 0.205. The largest absolute Gasteiger partial charge is 0.336 e. The Bertz CT molecular complexity index is 506. The van der Waals surface area contributed by atoms with Crippen LogP contribution in [0.2, 0.25) is 0 Å². The number of hydrogen-bond acceptors (Lipinski definition) is 2. The maximum atomic E-state index is 4.11. The molecule has 1 N–H and O–H groups in total. The molecule has 0 fully saturated rings. The normalized spacial score (nSPS) is 13.4. The number of nitrogens with zero attached hydrogens (tertiary/aromatic N) is 2. The topological polar surface area (TPSA) is 29.9 Å². The highest BCUT2D eigenvalue weighted by Gasteiger charge is 2.15. The average molecular weight is 271 g/mol. The molecule has 1 heterocycles. The summed E-state index contributed by atoms with van der Waals surface area (Å²) < 4.78 is 2.12. The average Bonchev–Trinajstić information content (AvgIpc) is 2.90. The molecule has 3 nitrogen and oxygen atoms in total. The molecule has 0 saturated carbocycles. The van der Waals surface area contributed by atoms with Crippen molar-refractivity contribution >= 4 is 0 Å². The van der Waals surface area contributed by atoms with Crippen molar-refractivity contribution in [3.8, 4) is 0 Å². The zero-order valence-electron chi connectivity index (χ0n) is 12.9. The molecule has 0 bridgehead atoms. The Morgan fingerprint density at radius 3 is 2.40 bits per heavy atom. The molecule has 0 saturated heterocycles. The number of imidazole rings is 1. The summed E-state index contributed by atoms with van der Waals surface area (Å²) in [6, 6.07) is 9.29. The van der Waals surface area contributed by atoms with Gasteiger partial charge in [0.2, 0.25) is 0 Å². The first kappa shape index (κ1) is 14.8. The van der Waals surface area contributed by atoms with E-state index in [0.717, 1.165) is 13.1 Å². The molecule has 0 radical (unpaired) electrons. The van der Waals surface area contributed by atoms with Crippen LogP contribution in [0.5, 0.6) is 0 Å². The monoisotopic (exact) mass is 271 g/mol. The van der Waals surface area contributed by atoms with E-state index < -0.39 is 0 Å². The van der Waals surface area contributed by atoms with Crippen LogP contribution in [0.1, 0.15) is 44.9 Å². The van der Waals surface area contributed by atoms with Crippen molar-refractivity contribution in [2.75, 3.05) is 6.54 Å². The van der Waals surface area contributed by atoms with Gasteiger partial charge in [0.15, 0.2) is 0 Å². The quantitative estimate of drug-likeness (QED) is 0.901. The summed E-state index contributed by atoms with van der Waals surface area (Å²) in [6.07, 6.45) is 5.70. The smallest absolute Gasteiger partial charge is 0.0946 e. The molecule has 2 rings (SSSR count). The van der Waals surface area contributed by atoms with Crippen LogP contribution in [0.3, 0.4) is 0 Å². The van der Waals surface area contributed by atoms with Crippen LogP contribution in [0, 0.1) is 0 Å². The first-order valence-electron chi connectivity index (χ1n) is 7.30. The van der Waals surface area contributed by atoms with E-state index in [-0.39, 0.29) is 5.41 Å². The molecule has 108 valence electrons. The van der Waals surface area contributed by atoms with Crippen molar-refractivity contribution in [1.29, 1.82) is 0 Å². The van der Waals surface area contributed by atoms with Gasteiger partial charge < -0.3 is 9.88 Å². The van der Waals surface area contributed by atoms with Crippen LogP contribution < -0.4 is 5.32 Å². The van der Waals surface area contributed by atoms with Crippen LogP contribution in [0.15, 0.2) is 43.0 Å². The highest BCUT2D eigenvalue weighted by Crippen LogP contribution is 2.24. The number of aromatic nitrogens is 2. The lowest BCUT2D eigenvalue weighted by Crippen LogP contribution is -2.25. The minimum atomic E-state index is 0.205. The second-order valence-electron chi connectivity index (χ2n) is 6.24. The standard InChI is InChI=1S/C17H25N3/c1-5-19-16(12-20-11-10-18-13-20)14-6-8-15(9-7-14)17(2,3)4/h6-11,13,16,19H,5,12H2,1-4H3. The van der Waals surface area contributed by atoms with Gasteiger partial charge in [-0.2, -0.15) is 0 Å². The SMILES string of the molecule is CCNC(Cn1ccnc1)c1ccc(C(C)(C)C)cc1. The predicted octanol–water partition coefficient (Wildman–Crippen LogP) is 3.53. The van der Waals surface area contributed by atoms with E-state index in [9.17, 15) is 0 Å². The summed E-state index contributed by atoms with van der Waals surface area (Å²) in [7, 11) is 0. The van der Waals surface area contributed by atoms with E-state index >= 15 is 0 Å². The Balaban J connectivity index is 2.17. The molecule has 0 spiro atoms.